The van der Waals surface area contributed by atoms with Crippen LogP contribution >= 0.6 is 0 Å². The Morgan fingerprint density at radius 2 is 1.78 bits per heavy atom. The highest BCUT2D eigenvalue weighted by atomic mass is 16.3. The summed E-state index contributed by atoms with van der Waals surface area (Å²) < 4.78 is 0. The SMILES string of the molecule is NCC(O)CC(O)CO. The standard InChI is InChI=1S/C5H13NO3/c6-2-4(8)1-5(9)3-7/h4-5,7-9H,1-3,6H2. The first-order valence-corrected chi connectivity index (χ1v) is 2.87. The molecule has 0 fully saturated rings. The number of aliphatic hydroxyl groups excluding tert-OH is 3. The molecule has 4 nitrogen and oxygen atoms in total. The molecule has 2 unspecified atom stereocenters. The normalized spacial score (nSPS) is 17.3. The molecule has 0 saturated carbocycles. The van der Waals surface area contributed by atoms with Crippen molar-refractivity contribution in [1.29, 1.82) is 0 Å². The van der Waals surface area contributed by atoms with Gasteiger partial charge in [-0.2, -0.15) is 0 Å². The third-order valence-corrected chi connectivity index (χ3v) is 1.03. The summed E-state index contributed by atoms with van der Waals surface area (Å²) in [6.07, 6.45) is -1.40. The lowest BCUT2D eigenvalue weighted by atomic mass is 10.2. The molecule has 0 spiro atoms. The molecule has 0 aromatic rings. The molecule has 9 heavy (non-hydrogen) atoms. The van der Waals surface area contributed by atoms with Crippen molar-refractivity contribution in [3.05, 3.63) is 0 Å². The van der Waals surface area contributed by atoms with Crippen LogP contribution < -0.4 is 5.73 Å². The summed E-state index contributed by atoms with van der Waals surface area (Å²) in [6, 6.07) is 0. The third kappa shape index (κ3) is 4.35. The van der Waals surface area contributed by atoms with Gasteiger partial charge in [0.05, 0.1) is 18.8 Å². The molecule has 0 aliphatic carbocycles. The van der Waals surface area contributed by atoms with Crippen molar-refractivity contribution in [2.45, 2.75) is 18.6 Å². The minimum absolute atomic E-state index is 0.122. The van der Waals surface area contributed by atoms with E-state index in [-0.39, 0.29) is 19.6 Å². The molecule has 0 rings (SSSR count). The van der Waals surface area contributed by atoms with Gasteiger partial charge in [-0.05, 0) is 0 Å². The summed E-state index contributed by atoms with van der Waals surface area (Å²) in [6.45, 7) is -0.200. The van der Waals surface area contributed by atoms with Crippen molar-refractivity contribution in [1.82, 2.24) is 0 Å². The van der Waals surface area contributed by atoms with Crippen molar-refractivity contribution in [2.75, 3.05) is 13.2 Å². The van der Waals surface area contributed by atoms with Crippen molar-refractivity contribution >= 4 is 0 Å². The molecule has 0 amide bonds. The highest BCUT2D eigenvalue weighted by Crippen LogP contribution is 1.94. The number of rotatable bonds is 4. The smallest absolute Gasteiger partial charge is 0.0796 e. The van der Waals surface area contributed by atoms with Crippen molar-refractivity contribution in [2.24, 2.45) is 5.73 Å². The summed E-state index contributed by atoms with van der Waals surface area (Å²) >= 11 is 0. The Balaban J connectivity index is 3.22. The molecule has 56 valence electrons. The van der Waals surface area contributed by atoms with E-state index in [9.17, 15) is 0 Å². The molecule has 4 heteroatoms. The molecule has 0 aromatic carbocycles. The molecular formula is C5H13NO3. The molecule has 5 N–H and O–H groups in total. The topological polar surface area (TPSA) is 86.7 Å². The Bertz CT molecular complexity index is 61.2. The summed E-state index contributed by atoms with van der Waals surface area (Å²) in [5, 5.41) is 25.7. The zero-order chi connectivity index (χ0) is 7.28. The van der Waals surface area contributed by atoms with E-state index in [4.69, 9.17) is 21.1 Å². The van der Waals surface area contributed by atoms with E-state index in [1.165, 1.54) is 0 Å². The van der Waals surface area contributed by atoms with E-state index in [0.717, 1.165) is 0 Å². The highest BCUT2D eigenvalue weighted by Gasteiger charge is 2.07. The van der Waals surface area contributed by atoms with Gasteiger partial charge in [-0.1, -0.05) is 0 Å². The Hall–Kier alpha value is -0.160. The van der Waals surface area contributed by atoms with E-state index >= 15 is 0 Å². The molecule has 0 bridgehead atoms. The van der Waals surface area contributed by atoms with Crippen molar-refractivity contribution in [3.8, 4) is 0 Å². The first-order valence-electron chi connectivity index (χ1n) is 2.87. The van der Waals surface area contributed by atoms with Crippen LogP contribution in [-0.2, 0) is 0 Å². The Morgan fingerprint density at radius 1 is 1.22 bits per heavy atom. The van der Waals surface area contributed by atoms with Gasteiger partial charge in [-0.25, -0.2) is 0 Å². The van der Waals surface area contributed by atoms with Crippen molar-refractivity contribution < 1.29 is 15.3 Å². The zero-order valence-corrected chi connectivity index (χ0v) is 5.20. The monoisotopic (exact) mass is 135 g/mol. The van der Waals surface area contributed by atoms with E-state index < -0.39 is 12.2 Å². The quantitative estimate of drug-likeness (QED) is 0.361. The summed E-state index contributed by atoms with van der Waals surface area (Å²) in [7, 11) is 0. The van der Waals surface area contributed by atoms with Crippen LogP contribution in [-0.4, -0.2) is 40.7 Å². The lowest BCUT2D eigenvalue weighted by Crippen LogP contribution is -2.26. The zero-order valence-electron chi connectivity index (χ0n) is 5.20. The van der Waals surface area contributed by atoms with Crippen LogP contribution in [0.5, 0.6) is 0 Å². The molecule has 0 aliphatic rings. The number of hydrogen-bond acceptors (Lipinski definition) is 4. The summed E-state index contributed by atoms with van der Waals surface area (Å²) in [5.74, 6) is 0. The van der Waals surface area contributed by atoms with Crippen LogP contribution in [0.25, 0.3) is 0 Å². The number of nitrogens with two attached hydrogens (primary N) is 1. The fraction of sp³-hybridized carbons (Fsp3) is 1.00. The predicted octanol–water partition coefficient (Wildman–Crippen LogP) is -1.95. The number of hydrogen-bond donors (Lipinski definition) is 4. The second kappa shape index (κ2) is 4.69. The number of aliphatic hydroxyl groups is 3. The lowest BCUT2D eigenvalue weighted by molar-refractivity contribution is 0.0447. The van der Waals surface area contributed by atoms with Gasteiger partial charge in [-0.15, -0.1) is 0 Å². The van der Waals surface area contributed by atoms with Crippen LogP contribution in [0, 0.1) is 0 Å². The van der Waals surface area contributed by atoms with Crippen molar-refractivity contribution in [3.63, 3.8) is 0 Å². The van der Waals surface area contributed by atoms with Gasteiger partial charge in [0.1, 0.15) is 0 Å². The molecule has 0 saturated heterocycles. The van der Waals surface area contributed by atoms with Gasteiger partial charge in [0.15, 0.2) is 0 Å². The molecule has 0 aromatic heterocycles. The average Bonchev–Trinajstić information content (AvgIpc) is 1.87. The van der Waals surface area contributed by atoms with Crippen LogP contribution in [0.4, 0.5) is 0 Å². The van der Waals surface area contributed by atoms with E-state index in [0.29, 0.717) is 0 Å². The highest BCUT2D eigenvalue weighted by molar-refractivity contribution is 4.61. The molecule has 0 heterocycles. The fourth-order valence-corrected chi connectivity index (χ4v) is 0.485. The van der Waals surface area contributed by atoms with Gasteiger partial charge < -0.3 is 21.1 Å². The van der Waals surface area contributed by atoms with Crippen LogP contribution in [0.15, 0.2) is 0 Å². The largest absolute Gasteiger partial charge is 0.394 e. The first kappa shape index (κ1) is 8.84. The van der Waals surface area contributed by atoms with Gasteiger partial charge in [0.25, 0.3) is 0 Å². The van der Waals surface area contributed by atoms with Crippen LogP contribution in [0.3, 0.4) is 0 Å². The summed E-state index contributed by atoms with van der Waals surface area (Å²) in [4.78, 5) is 0. The maximum atomic E-state index is 8.76. The Labute approximate surface area is 53.9 Å². The molecule has 0 radical (unpaired) electrons. The lowest BCUT2D eigenvalue weighted by Gasteiger charge is -2.10. The predicted molar refractivity (Wildman–Crippen MR) is 32.8 cm³/mol. The Morgan fingerprint density at radius 3 is 2.11 bits per heavy atom. The van der Waals surface area contributed by atoms with Crippen LogP contribution in [0.1, 0.15) is 6.42 Å². The molecular weight excluding hydrogens is 122 g/mol. The van der Waals surface area contributed by atoms with Crippen LogP contribution in [0.2, 0.25) is 0 Å². The fourth-order valence-electron chi connectivity index (χ4n) is 0.485. The maximum Gasteiger partial charge on any atom is 0.0796 e. The first-order chi connectivity index (χ1) is 4.20. The van der Waals surface area contributed by atoms with Gasteiger partial charge in [-0.3, -0.25) is 0 Å². The minimum atomic E-state index is -0.844. The van der Waals surface area contributed by atoms with Gasteiger partial charge in [0, 0.05) is 13.0 Å². The Kier molecular flexibility index (Phi) is 4.61. The van der Waals surface area contributed by atoms with E-state index in [1.807, 2.05) is 0 Å². The molecule has 2 atom stereocenters. The van der Waals surface area contributed by atoms with Gasteiger partial charge >= 0.3 is 0 Å². The van der Waals surface area contributed by atoms with Gasteiger partial charge in [0.2, 0.25) is 0 Å². The summed E-state index contributed by atoms with van der Waals surface area (Å²) in [5.41, 5.74) is 5.03. The molecule has 0 aliphatic heterocycles. The second-order valence-corrected chi connectivity index (χ2v) is 1.96. The van der Waals surface area contributed by atoms with E-state index in [1.54, 1.807) is 0 Å². The minimum Gasteiger partial charge on any atom is -0.394 e. The third-order valence-electron chi connectivity index (χ3n) is 1.03. The average molecular weight is 135 g/mol. The second-order valence-electron chi connectivity index (χ2n) is 1.96. The maximum absolute atomic E-state index is 8.76. The van der Waals surface area contributed by atoms with E-state index in [2.05, 4.69) is 0 Å².